The van der Waals surface area contributed by atoms with Crippen molar-refractivity contribution < 1.29 is 23.5 Å². The molecule has 0 saturated heterocycles. The number of unbranched alkanes of at least 4 members (excludes halogenated alkanes) is 6. The summed E-state index contributed by atoms with van der Waals surface area (Å²) in [5.74, 6) is 0.276. The zero-order valence-electron chi connectivity index (χ0n) is 18.8. The minimum atomic E-state index is -0.599. The van der Waals surface area contributed by atoms with Gasteiger partial charge >= 0.3 is 11.9 Å². The first-order chi connectivity index (χ1) is 13.9. The van der Waals surface area contributed by atoms with Crippen LogP contribution in [0, 0.1) is 11.8 Å². The maximum absolute atomic E-state index is 12.2. The molecule has 1 aromatic rings. The molecule has 0 fully saturated rings. The first-order valence-electron chi connectivity index (χ1n) is 11.3. The SMILES string of the molecule is CC(C)CCCCCCOC(=O)c1ccoc1C(=O)OCCCCCCC(C)C. The molecule has 0 spiro atoms. The molecule has 0 amide bonds. The molecule has 1 heterocycles. The van der Waals surface area contributed by atoms with Gasteiger partial charge in [-0.25, -0.2) is 9.59 Å². The summed E-state index contributed by atoms with van der Waals surface area (Å²) >= 11 is 0. The van der Waals surface area contributed by atoms with E-state index >= 15 is 0 Å². The summed E-state index contributed by atoms with van der Waals surface area (Å²) in [5.41, 5.74) is 0.145. The molecule has 0 radical (unpaired) electrons. The van der Waals surface area contributed by atoms with Gasteiger partial charge < -0.3 is 13.9 Å². The average Bonchev–Trinajstić information content (AvgIpc) is 3.15. The summed E-state index contributed by atoms with van der Waals surface area (Å²) in [6.45, 7) is 9.60. The number of rotatable bonds is 16. The van der Waals surface area contributed by atoms with Crippen LogP contribution in [0.4, 0.5) is 0 Å². The van der Waals surface area contributed by atoms with Crippen LogP contribution in [-0.4, -0.2) is 25.2 Å². The number of hydrogen-bond donors (Lipinski definition) is 0. The second-order valence-corrected chi connectivity index (χ2v) is 8.63. The number of carbonyl (C=O) groups is 2. The van der Waals surface area contributed by atoms with Gasteiger partial charge in [-0.05, 0) is 30.7 Å². The number of carbonyl (C=O) groups excluding carboxylic acids is 2. The molecule has 0 aromatic carbocycles. The number of ether oxygens (including phenoxy) is 2. The van der Waals surface area contributed by atoms with Crippen molar-refractivity contribution in [1.82, 2.24) is 0 Å². The highest BCUT2D eigenvalue weighted by molar-refractivity contribution is 6.01. The third-order valence-electron chi connectivity index (χ3n) is 4.89. The van der Waals surface area contributed by atoms with E-state index in [2.05, 4.69) is 27.7 Å². The highest BCUT2D eigenvalue weighted by atomic mass is 16.5. The standard InChI is InChI=1S/C24H40O5/c1-19(2)13-9-5-7-11-16-28-23(25)21-15-18-27-22(21)24(26)29-17-12-8-6-10-14-20(3)4/h15,18-20H,5-14,16-17H2,1-4H3. The lowest BCUT2D eigenvalue weighted by Gasteiger charge is -2.07. The molecule has 0 aliphatic carbocycles. The Morgan fingerprint density at radius 3 is 1.76 bits per heavy atom. The predicted molar refractivity (Wildman–Crippen MR) is 115 cm³/mol. The van der Waals surface area contributed by atoms with Gasteiger partial charge in [0.15, 0.2) is 0 Å². The van der Waals surface area contributed by atoms with Crippen molar-refractivity contribution in [3.8, 4) is 0 Å². The summed E-state index contributed by atoms with van der Waals surface area (Å²) in [5, 5.41) is 0. The maximum Gasteiger partial charge on any atom is 0.375 e. The minimum Gasteiger partial charge on any atom is -0.462 e. The molecule has 1 rings (SSSR count). The van der Waals surface area contributed by atoms with Gasteiger partial charge in [0.25, 0.3) is 0 Å². The molecule has 5 heteroatoms. The van der Waals surface area contributed by atoms with E-state index in [9.17, 15) is 9.59 Å². The molecule has 1 aromatic heterocycles. The summed E-state index contributed by atoms with van der Waals surface area (Å²) in [4.78, 5) is 24.4. The van der Waals surface area contributed by atoms with Crippen LogP contribution >= 0.6 is 0 Å². The molecule has 0 bridgehead atoms. The lowest BCUT2D eigenvalue weighted by molar-refractivity contribution is 0.0423. The summed E-state index contributed by atoms with van der Waals surface area (Å²) in [6, 6.07) is 1.47. The van der Waals surface area contributed by atoms with Crippen LogP contribution < -0.4 is 0 Å². The Labute approximate surface area is 176 Å². The predicted octanol–water partition coefficient (Wildman–Crippen LogP) is 6.81. The number of hydrogen-bond acceptors (Lipinski definition) is 5. The van der Waals surface area contributed by atoms with Crippen LogP contribution in [0.2, 0.25) is 0 Å². The number of furan rings is 1. The molecular weight excluding hydrogens is 368 g/mol. The van der Waals surface area contributed by atoms with Crippen molar-refractivity contribution in [3.05, 3.63) is 23.7 Å². The molecular formula is C24H40O5. The van der Waals surface area contributed by atoms with Crippen LogP contribution in [0.1, 0.15) is 113 Å². The second kappa shape index (κ2) is 15.1. The molecule has 0 saturated carbocycles. The van der Waals surface area contributed by atoms with Gasteiger partial charge in [0, 0.05) is 0 Å². The van der Waals surface area contributed by atoms with Crippen molar-refractivity contribution in [2.75, 3.05) is 13.2 Å². The zero-order chi connectivity index (χ0) is 21.5. The molecule has 0 atom stereocenters. The highest BCUT2D eigenvalue weighted by Crippen LogP contribution is 2.15. The van der Waals surface area contributed by atoms with Crippen LogP contribution in [0.15, 0.2) is 16.7 Å². The maximum atomic E-state index is 12.2. The Morgan fingerprint density at radius 2 is 1.24 bits per heavy atom. The monoisotopic (exact) mass is 408 g/mol. The fraction of sp³-hybridized carbons (Fsp3) is 0.750. The molecule has 29 heavy (non-hydrogen) atoms. The Morgan fingerprint density at radius 1 is 0.759 bits per heavy atom. The average molecular weight is 409 g/mol. The van der Waals surface area contributed by atoms with Gasteiger partial charge in [-0.1, -0.05) is 79.1 Å². The largest absolute Gasteiger partial charge is 0.462 e. The van der Waals surface area contributed by atoms with Crippen LogP contribution in [0.25, 0.3) is 0 Å². The van der Waals surface area contributed by atoms with E-state index in [-0.39, 0.29) is 11.3 Å². The molecule has 0 aliphatic heterocycles. The van der Waals surface area contributed by atoms with E-state index in [4.69, 9.17) is 13.9 Å². The second-order valence-electron chi connectivity index (χ2n) is 8.63. The van der Waals surface area contributed by atoms with E-state index < -0.39 is 11.9 Å². The zero-order valence-corrected chi connectivity index (χ0v) is 18.8. The van der Waals surface area contributed by atoms with Crippen LogP contribution in [0.3, 0.4) is 0 Å². The van der Waals surface area contributed by atoms with Crippen molar-refractivity contribution in [3.63, 3.8) is 0 Å². The fourth-order valence-electron chi connectivity index (χ4n) is 3.12. The van der Waals surface area contributed by atoms with Gasteiger partial charge in [-0.3, -0.25) is 0 Å². The first-order valence-corrected chi connectivity index (χ1v) is 11.3. The molecule has 0 N–H and O–H groups in total. The quantitative estimate of drug-likeness (QED) is 0.222. The summed E-state index contributed by atoms with van der Waals surface area (Å²) in [6.07, 6.45) is 12.2. The molecule has 0 aliphatic rings. The van der Waals surface area contributed by atoms with Crippen molar-refractivity contribution >= 4 is 11.9 Å². The van der Waals surface area contributed by atoms with Crippen molar-refractivity contribution in [2.24, 2.45) is 11.8 Å². The lowest BCUT2D eigenvalue weighted by Crippen LogP contribution is -2.13. The normalized spacial score (nSPS) is 11.2. The van der Waals surface area contributed by atoms with E-state index in [1.807, 2.05) is 0 Å². The minimum absolute atomic E-state index is 0.0632. The molecule has 166 valence electrons. The lowest BCUT2D eigenvalue weighted by atomic mass is 10.0. The van der Waals surface area contributed by atoms with E-state index in [0.29, 0.717) is 13.2 Å². The van der Waals surface area contributed by atoms with E-state index in [1.165, 1.54) is 38.0 Å². The van der Waals surface area contributed by atoms with Crippen molar-refractivity contribution in [2.45, 2.75) is 91.9 Å². The van der Waals surface area contributed by atoms with Gasteiger partial charge in [0.2, 0.25) is 5.76 Å². The highest BCUT2D eigenvalue weighted by Gasteiger charge is 2.23. The fourth-order valence-corrected chi connectivity index (χ4v) is 3.12. The number of esters is 2. The molecule has 0 unspecified atom stereocenters. The Hall–Kier alpha value is -1.78. The molecule has 5 nitrogen and oxygen atoms in total. The Kier molecular flexibility index (Phi) is 13.2. The van der Waals surface area contributed by atoms with Gasteiger partial charge in [0.05, 0.1) is 19.5 Å². The summed E-state index contributed by atoms with van der Waals surface area (Å²) < 4.78 is 15.7. The summed E-state index contributed by atoms with van der Waals surface area (Å²) in [7, 11) is 0. The van der Waals surface area contributed by atoms with E-state index in [0.717, 1.165) is 50.4 Å². The van der Waals surface area contributed by atoms with Crippen LogP contribution in [0.5, 0.6) is 0 Å². The first kappa shape index (κ1) is 25.3. The Bertz CT molecular complexity index is 525. The Balaban J connectivity index is 2.23. The third-order valence-corrected chi connectivity index (χ3v) is 4.89. The smallest absolute Gasteiger partial charge is 0.375 e. The van der Waals surface area contributed by atoms with Crippen LogP contribution in [-0.2, 0) is 9.47 Å². The van der Waals surface area contributed by atoms with Gasteiger partial charge in [-0.15, -0.1) is 0 Å². The van der Waals surface area contributed by atoms with Crippen molar-refractivity contribution in [1.29, 1.82) is 0 Å². The van der Waals surface area contributed by atoms with Gasteiger partial charge in [-0.2, -0.15) is 0 Å². The third kappa shape index (κ3) is 11.7. The van der Waals surface area contributed by atoms with Gasteiger partial charge in [0.1, 0.15) is 5.56 Å². The topological polar surface area (TPSA) is 65.7 Å². The van der Waals surface area contributed by atoms with E-state index in [1.54, 1.807) is 0 Å².